The molecule has 2 aromatic heterocycles. The molecular weight excluding hydrogens is 258 g/mol. The van der Waals surface area contributed by atoms with Gasteiger partial charge in [-0.05, 0) is 19.4 Å². The number of hydrogen-bond donors (Lipinski definition) is 0. The van der Waals surface area contributed by atoms with Crippen LogP contribution >= 0.6 is 0 Å². The average molecular weight is 277 g/mol. The summed E-state index contributed by atoms with van der Waals surface area (Å²) in [5.74, 6) is 2.81. The van der Waals surface area contributed by atoms with Crippen molar-refractivity contribution in [3.8, 4) is 0 Å². The first kappa shape index (κ1) is 13.2. The minimum Gasteiger partial charge on any atom is -0.424 e. The number of likely N-dealkylation sites (tertiary alicyclic amines) is 1. The van der Waals surface area contributed by atoms with Crippen LogP contribution in [0.1, 0.15) is 56.2 Å². The van der Waals surface area contributed by atoms with Gasteiger partial charge < -0.3 is 8.94 Å². The Balaban J connectivity index is 1.71. The molecule has 0 amide bonds. The Morgan fingerprint density at radius 3 is 2.65 bits per heavy atom. The van der Waals surface area contributed by atoms with E-state index in [1.54, 1.807) is 0 Å². The summed E-state index contributed by atoms with van der Waals surface area (Å²) in [7, 11) is 0. The standard InChI is InChI=1S/C13H19N5O2/c1-3-10-14-13(17-20-10)9-6-5-7-18(9)8-12-16-15-11(4-2)19-12/h9H,3-8H2,1-2H3. The lowest BCUT2D eigenvalue weighted by atomic mass is 10.2. The lowest BCUT2D eigenvalue weighted by Crippen LogP contribution is -2.23. The third-order valence-electron chi connectivity index (χ3n) is 3.60. The van der Waals surface area contributed by atoms with Crippen LogP contribution in [0.25, 0.3) is 0 Å². The highest BCUT2D eigenvalue weighted by atomic mass is 16.5. The number of nitrogens with zero attached hydrogens (tertiary/aromatic N) is 5. The van der Waals surface area contributed by atoms with Gasteiger partial charge in [0.15, 0.2) is 5.82 Å². The molecule has 7 heteroatoms. The van der Waals surface area contributed by atoms with Crippen LogP contribution in [0.2, 0.25) is 0 Å². The van der Waals surface area contributed by atoms with Crippen LogP contribution in [0.5, 0.6) is 0 Å². The first-order valence-electron chi connectivity index (χ1n) is 7.18. The van der Waals surface area contributed by atoms with Crippen molar-refractivity contribution in [3.63, 3.8) is 0 Å². The third-order valence-corrected chi connectivity index (χ3v) is 3.60. The summed E-state index contributed by atoms with van der Waals surface area (Å²) in [4.78, 5) is 6.71. The van der Waals surface area contributed by atoms with Crippen molar-refractivity contribution >= 4 is 0 Å². The summed E-state index contributed by atoms with van der Waals surface area (Å²) >= 11 is 0. The first-order valence-corrected chi connectivity index (χ1v) is 7.18. The largest absolute Gasteiger partial charge is 0.424 e. The van der Waals surface area contributed by atoms with Crippen molar-refractivity contribution in [2.24, 2.45) is 0 Å². The highest BCUT2D eigenvalue weighted by Crippen LogP contribution is 2.31. The van der Waals surface area contributed by atoms with Gasteiger partial charge in [0.1, 0.15) is 0 Å². The molecule has 1 unspecified atom stereocenters. The molecule has 3 heterocycles. The Morgan fingerprint density at radius 2 is 1.95 bits per heavy atom. The van der Waals surface area contributed by atoms with Crippen LogP contribution in [0.15, 0.2) is 8.94 Å². The van der Waals surface area contributed by atoms with Crippen molar-refractivity contribution in [1.29, 1.82) is 0 Å². The molecule has 0 bridgehead atoms. The third kappa shape index (κ3) is 2.58. The van der Waals surface area contributed by atoms with E-state index in [1.807, 2.05) is 13.8 Å². The van der Waals surface area contributed by atoms with Gasteiger partial charge in [-0.2, -0.15) is 4.98 Å². The topological polar surface area (TPSA) is 81.1 Å². The van der Waals surface area contributed by atoms with E-state index in [4.69, 9.17) is 8.94 Å². The molecule has 2 aromatic rings. The predicted octanol–water partition coefficient (Wildman–Crippen LogP) is 1.91. The zero-order valence-corrected chi connectivity index (χ0v) is 11.9. The van der Waals surface area contributed by atoms with E-state index < -0.39 is 0 Å². The van der Waals surface area contributed by atoms with Crippen molar-refractivity contribution in [1.82, 2.24) is 25.2 Å². The van der Waals surface area contributed by atoms with Crippen LogP contribution in [-0.4, -0.2) is 31.8 Å². The predicted molar refractivity (Wildman–Crippen MR) is 69.7 cm³/mol. The van der Waals surface area contributed by atoms with Gasteiger partial charge in [-0.1, -0.05) is 19.0 Å². The van der Waals surface area contributed by atoms with Crippen LogP contribution in [-0.2, 0) is 19.4 Å². The number of rotatable bonds is 5. The molecule has 7 nitrogen and oxygen atoms in total. The molecule has 0 aliphatic carbocycles. The lowest BCUT2D eigenvalue weighted by molar-refractivity contribution is 0.210. The van der Waals surface area contributed by atoms with Gasteiger partial charge in [-0.25, -0.2) is 0 Å². The molecule has 0 saturated carbocycles. The molecule has 0 aromatic carbocycles. The molecule has 1 aliphatic heterocycles. The van der Waals surface area contributed by atoms with E-state index in [-0.39, 0.29) is 6.04 Å². The van der Waals surface area contributed by atoms with Gasteiger partial charge >= 0.3 is 0 Å². The molecule has 3 rings (SSSR count). The van der Waals surface area contributed by atoms with Crippen molar-refractivity contribution in [2.45, 2.75) is 52.1 Å². The summed E-state index contributed by atoms with van der Waals surface area (Å²) in [5, 5.41) is 12.2. The molecule has 1 aliphatic rings. The highest BCUT2D eigenvalue weighted by Gasteiger charge is 2.31. The van der Waals surface area contributed by atoms with E-state index >= 15 is 0 Å². The molecule has 20 heavy (non-hydrogen) atoms. The van der Waals surface area contributed by atoms with Gasteiger partial charge in [-0.15, -0.1) is 10.2 Å². The normalized spacial score (nSPS) is 19.8. The quantitative estimate of drug-likeness (QED) is 0.825. The molecule has 0 radical (unpaired) electrons. The van der Waals surface area contributed by atoms with Crippen molar-refractivity contribution < 1.29 is 8.94 Å². The average Bonchev–Trinajstić information content (AvgIpc) is 3.18. The van der Waals surface area contributed by atoms with E-state index in [1.165, 1.54) is 0 Å². The molecular formula is C13H19N5O2. The van der Waals surface area contributed by atoms with Gasteiger partial charge in [0.05, 0.1) is 12.6 Å². The summed E-state index contributed by atoms with van der Waals surface area (Å²) in [6.45, 7) is 5.65. The second-order valence-corrected chi connectivity index (χ2v) is 4.97. The fourth-order valence-electron chi connectivity index (χ4n) is 2.52. The van der Waals surface area contributed by atoms with Crippen LogP contribution < -0.4 is 0 Å². The summed E-state index contributed by atoms with van der Waals surface area (Å²) in [6, 6.07) is 0.191. The van der Waals surface area contributed by atoms with Gasteiger partial charge in [-0.3, -0.25) is 4.90 Å². The van der Waals surface area contributed by atoms with Gasteiger partial charge in [0.25, 0.3) is 0 Å². The minimum atomic E-state index is 0.191. The Hall–Kier alpha value is -1.76. The molecule has 1 atom stereocenters. The summed E-state index contributed by atoms with van der Waals surface area (Å²) < 4.78 is 10.8. The maximum Gasteiger partial charge on any atom is 0.230 e. The Bertz CT molecular complexity index is 565. The monoisotopic (exact) mass is 277 g/mol. The highest BCUT2D eigenvalue weighted by molar-refractivity contribution is 4.99. The summed E-state index contributed by atoms with van der Waals surface area (Å²) in [6.07, 6.45) is 3.69. The van der Waals surface area contributed by atoms with Crippen LogP contribution in [0.3, 0.4) is 0 Å². The maximum atomic E-state index is 5.58. The summed E-state index contributed by atoms with van der Waals surface area (Å²) in [5.41, 5.74) is 0. The minimum absolute atomic E-state index is 0.191. The van der Waals surface area contributed by atoms with Crippen molar-refractivity contribution in [2.75, 3.05) is 6.54 Å². The first-order chi connectivity index (χ1) is 9.80. The molecule has 0 spiro atoms. The van der Waals surface area contributed by atoms with E-state index in [9.17, 15) is 0 Å². The van der Waals surface area contributed by atoms with Crippen LogP contribution in [0, 0.1) is 0 Å². The van der Waals surface area contributed by atoms with Crippen LogP contribution in [0.4, 0.5) is 0 Å². The molecule has 1 saturated heterocycles. The van der Waals surface area contributed by atoms with E-state index in [0.29, 0.717) is 24.2 Å². The Kier molecular flexibility index (Phi) is 3.77. The number of hydrogen-bond acceptors (Lipinski definition) is 7. The second kappa shape index (κ2) is 5.70. The Morgan fingerprint density at radius 1 is 1.15 bits per heavy atom. The van der Waals surface area contributed by atoms with E-state index in [0.717, 1.165) is 38.1 Å². The number of aromatic nitrogens is 4. The zero-order chi connectivity index (χ0) is 13.9. The second-order valence-electron chi connectivity index (χ2n) is 4.97. The van der Waals surface area contributed by atoms with Gasteiger partial charge in [0, 0.05) is 12.8 Å². The maximum absolute atomic E-state index is 5.58. The number of aryl methyl sites for hydroxylation is 2. The Labute approximate surface area is 117 Å². The smallest absolute Gasteiger partial charge is 0.230 e. The zero-order valence-electron chi connectivity index (χ0n) is 11.9. The lowest BCUT2D eigenvalue weighted by Gasteiger charge is -2.19. The van der Waals surface area contributed by atoms with Gasteiger partial charge in [0.2, 0.25) is 17.7 Å². The SMILES string of the molecule is CCc1nc(C2CCCN2Cc2nnc(CC)o2)no1. The fraction of sp³-hybridized carbons (Fsp3) is 0.692. The molecule has 1 fully saturated rings. The molecule has 108 valence electrons. The van der Waals surface area contributed by atoms with Crippen molar-refractivity contribution in [3.05, 3.63) is 23.5 Å². The molecule has 0 N–H and O–H groups in total. The van der Waals surface area contributed by atoms with E-state index in [2.05, 4.69) is 25.2 Å². The fourth-order valence-corrected chi connectivity index (χ4v) is 2.52.